The van der Waals surface area contributed by atoms with Gasteiger partial charge >= 0.3 is 0 Å². The zero-order chi connectivity index (χ0) is 19.5. The van der Waals surface area contributed by atoms with Crippen molar-refractivity contribution in [2.24, 2.45) is 0 Å². The molecule has 0 spiro atoms. The molecule has 1 aromatic heterocycles. The minimum Gasteiger partial charge on any atom is -0.369 e. The largest absolute Gasteiger partial charge is 0.369 e. The summed E-state index contributed by atoms with van der Waals surface area (Å²) in [6.07, 6.45) is 1.93. The van der Waals surface area contributed by atoms with Crippen molar-refractivity contribution < 1.29 is 4.79 Å². The number of fused-ring (bicyclic) bond motifs is 1. The van der Waals surface area contributed by atoms with Gasteiger partial charge in [0.2, 0.25) is 5.91 Å². The van der Waals surface area contributed by atoms with E-state index in [1.807, 2.05) is 41.1 Å². The van der Waals surface area contributed by atoms with Crippen LogP contribution in [-0.2, 0) is 17.9 Å². The van der Waals surface area contributed by atoms with Gasteiger partial charge in [-0.2, -0.15) is 0 Å². The van der Waals surface area contributed by atoms with Crippen molar-refractivity contribution in [3.63, 3.8) is 0 Å². The third-order valence-corrected chi connectivity index (χ3v) is 5.60. The molecule has 2 heterocycles. The first kappa shape index (κ1) is 18.8. The average Bonchev–Trinajstić information content (AvgIpc) is 3.09. The Labute approximate surface area is 170 Å². The number of carbonyl (C=O) groups is 1. The number of halogens is 1. The Hall–Kier alpha value is -2.50. The van der Waals surface area contributed by atoms with Gasteiger partial charge in [-0.15, -0.1) is 0 Å². The van der Waals surface area contributed by atoms with Crippen molar-refractivity contribution in [3.8, 4) is 0 Å². The van der Waals surface area contributed by atoms with E-state index in [9.17, 15) is 4.79 Å². The van der Waals surface area contributed by atoms with Crippen LogP contribution >= 0.6 is 11.6 Å². The highest BCUT2D eigenvalue weighted by Crippen LogP contribution is 2.22. The Morgan fingerprint density at radius 2 is 1.86 bits per heavy atom. The summed E-state index contributed by atoms with van der Waals surface area (Å²) in [5.41, 5.74) is 3.34. The van der Waals surface area contributed by atoms with Crippen LogP contribution in [0.5, 0.6) is 0 Å². The van der Waals surface area contributed by atoms with Crippen LogP contribution in [0.4, 0.5) is 5.69 Å². The first-order valence-corrected chi connectivity index (χ1v) is 10.0. The van der Waals surface area contributed by atoms with Crippen LogP contribution in [0.2, 0.25) is 5.02 Å². The van der Waals surface area contributed by atoms with Gasteiger partial charge in [-0.1, -0.05) is 35.9 Å². The normalized spacial score (nSPS) is 15.1. The highest BCUT2D eigenvalue weighted by Gasteiger charge is 2.17. The Bertz CT molecular complexity index is 976. The van der Waals surface area contributed by atoms with E-state index < -0.39 is 0 Å². The molecule has 1 amide bonds. The molecule has 0 aliphatic carbocycles. The third-order valence-electron chi connectivity index (χ3n) is 5.36. The van der Waals surface area contributed by atoms with Crippen LogP contribution in [0.25, 0.3) is 10.9 Å². The van der Waals surface area contributed by atoms with Crippen LogP contribution in [0.15, 0.2) is 54.7 Å². The fraction of sp³-hybridized carbons (Fsp3) is 0.318. The second kappa shape index (κ2) is 8.25. The molecule has 0 bridgehead atoms. The predicted molar refractivity (Wildman–Crippen MR) is 115 cm³/mol. The number of aromatic nitrogens is 1. The Morgan fingerprint density at radius 1 is 1.07 bits per heavy atom. The van der Waals surface area contributed by atoms with Crippen molar-refractivity contribution in [1.82, 2.24) is 14.8 Å². The molecule has 1 fully saturated rings. The molecule has 2 aromatic carbocycles. The average molecular weight is 397 g/mol. The van der Waals surface area contributed by atoms with Crippen LogP contribution in [0.1, 0.15) is 5.56 Å². The molecular weight excluding hydrogens is 372 g/mol. The highest BCUT2D eigenvalue weighted by atomic mass is 35.5. The molecule has 0 saturated carbocycles. The molecule has 1 saturated heterocycles. The molecule has 3 aromatic rings. The number of carbonyl (C=O) groups excluding carboxylic acids is 1. The minimum atomic E-state index is -0.00865. The van der Waals surface area contributed by atoms with Gasteiger partial charge in [0.15, 0.2) is 0 Å². The summed E-state index contributed by atoms with van der Waals surface area (Å²) in [5, 5.41) is 4.83. The number of hydrogen-bond acceptors (Lipinski definition) is 3. The summed E-state index contributed by atoms with van der Waals surface area (Å²) in [5.74, 6) is -0.00865. The van der Waals surface area contributed by atoms with Crippen LogP contribution in [0, 0.1) is 0 Å². The molecule has 4 rings (SSSR count). The maximum Gasteiger partial charge on any atom is 0.240 e. The second-order valence-electron chi connectivity index (χ2n) is 7.34. The molecule has 1 aliphatic heterocycles. The Morgan fingerprint density at radius 3 is 2.68 bits per heavy atom. The first-order chi connectivity index (χ1) is 13.6. The monoisotopic (exact) mass is 396 g/mol. The number of anilines is 1. The molecule has 0 radical (unpaired) electrons. The number of hydrogen-bond donors (Lipinski definition) is 1. The van der Waals surface area contributed by atoms with E-state index in [1.54, 1.807) is 0 Å². The SMILES string of the molecule is CN1CCN(c2ccccc2CNC(=O)Cn2ccc3ccc(Cl)cc32)CC1. The summed E-state index contributed by atoms with van der Waals surface area (Å²) in [6, 6.07) is 16.1. The van der Waals surface area contributed by atoms with E-state index in [2.05, 4.69) is 40.4 Å². The maximum atomic E-state index is 12.6. The van der Waals surface area contributed by atoms with Gasteiger partial charge in [0.25, 0.3) is 0 Å². The fourth-order valence-electron chi connectivity index (χ4n) is 3.72. The minimum absolute atomic E-state index is 0.00865. The molecular formula is C22H25ClN4O. The number of nitrogens with one attached hydrogen (secondary N) is 1. The fourth-order valence-corrected chi connectivity index (χ4v) is 3.88. The van der Waals surface area contributed by atoms with Crippen LogP contribution < -0.4 is 10.2 Å². The quantitative estimate of drug-likeness (QED) is 0.718. The summed E-state index contributed by atoms with van der Waals surface area (Å²) in [6.45, 7) is 4.95. The molecule has 0 unspecified atom stereocenters. The van der Waals surface area contributed by atoms with Crippen LogP contribution in [0.3, 0.4) is 0 Å². The lowest BCUT2D eigenvalue weighted by atomic mass is 10.1. The van der Waals surface area contributed by atoms with Gasteiger partial charge in [-0.25, -0.2) is 0 Å². The van der Waals surface area contributed by atoms with Gasteiger partial charge in [-0.05, 0) is 42.3 Å². The predicted octanol–water partition coefficient (Wildman–Crippen LogP) is 3.36. The molecule has 1 N–H and O–H groups in total. The van der Waals surface area contributed by atoms with E-state index >= 15 is 0 Å². The molecule has 6 heteroatoms. The van der Waals surface area contributed by atoms with Gasteiger partial charge in [0.1, 0.15) is 6.54 Å². The number of amides is 1. The molecule has 1 aliphatic rings. The van der Waals surface area contributed by atoms with Gasteiger partial charge in [0, 0.05) is 55.1 Å². The summed E-state index contributed by atoms with van der Waals surface area (Å²) >= 11 is 6.10. The lowest BCUT2D eigenvalue weighted by Gasteiger charge is -2.35. The smallest absolute Gasteiger partial charge is 0.240 e. The van der Waals surface area contributed by atoms with Crippen molar-refractivity contribution in [3.05, 3.63) is 65.3 Å². The van der Waals surface area contributed by atoms with Crippen molar-refractivity contribution in [2.75, 3.05) is 38.1 Å². The molecule has 146 valence electrons. The van der Waals surface area contributed by atoms with E-state index in [1.165, 1.54) is 5.69 Å². The van der Waals surface area contributed by atoms with Gasteiger partial charge < -0.3 is 19.7 Å². The highest BCUT2D eigenvalue weighted by molar-refractivity contribution is 6.31. The summed E-state index contributed by atoms with van der Waals surface area (Å²) in [4.78, 5) is 17.3. The van der Waals surface area contributed by atoms with Crippen molar-refractivity contribution in [2.45, 2.75) is 13.1 Å². The maximum absolute atomic E-state index is 12.6. The summed E-state index contributed by atoms with van der Waals surface area (Å²) in [7, 11) is 2.15. The number of benzene rings is 2. The molecule has 5 nitrogen and oxygen atoms in total. The van der Waals surface area contributed by atoms with Gasteiger partial charge in [0.05, 0.1) is 0 Å². The van der Waals surface area contributed by atoms with E-state index in [0.717, 1.165) is 42.6 Å². The number of piperazine rings is 1. The number of rotatable bonds is 5. The third kappa shape index (κ3) is 4.16. The summed E-state index contributed by atoms with van der Waals surface area (Å²) < 4.78 is 1.93. The zero-order valence-corrected chi connectivity index (χ0v) is 16.8. The number of nitrogens with zero attached hydrogens (tertiary/aromatic N) is 3. The number of para-hydroxylation sites is 1. The van der Waals surface area contributed by atoms with Crippen molar-refractivity contribution in [1.29, 1.82) is 0 Å². The molecule has 0 atom stereocenters. The zero-order valence-electron chi connectivity index (χ0n) is 16.1. The van der Waals surface area contributed by atoms with E-state index in [4.69, 9.17) is 11.6 Å². The van der Waals surface area contributed by atoms with E-state index in [-0.39, 0.29) is 12.5 Å². The van der Waals surface area contributed by atoms with Gasteiger partial charge in [-0.3, -0.25) is 4.79 Å². The first-order valence-electron chi connectivity index (χ1n) is 9.62. The second-order valence-corrected chi connectivity index (χ2v) is 7.78. The lowest BCUT2D eigenvalue weighted by molar-refractivity contribution is -0.121. The lowest BCUT2D eigenvalue weighted by Crippen LogP contribution is -2.45. The van der Waals surface area contributed by atoms with E-state index in [0.29, 0.717) is 11.6 Å². The van der Waals surface area contributed by atoms with Crippen molar-refractivity contribution >= 4 is 34.1 Å². The standard InChI is InChI=1S/C22H25ClN4O/c1-25-10-12-26(13-11-25)20-5-3-2-4-18(20)15-24-22(28)16-27-9-8-17-6-7-19(23)14-21(17)27/h2-9,14H,10-13,15-16H2,1H3,(H,24,28). The topological polar surface area (TPSA) is 40.5 Å². The van der Waals surface area contributed by atoms with Crippen LogP contribution in [-0.4, -0.2) is 48.6 Å². The Balaban J connectivity index is 1.42. The Kier molecular flexibility index (Phi) is 5.55. The molecule has 28 heavy (non-hydrogen) atoms. The number of likely N-dealkylation sites (N-methyl/N-ethyl adjacent to an activating group) is 1.